The summed E-state index contributed by atoms with van der Waals surface area (Å²) >= 11 is 1.99. The second-order valence-electron chi connectivity index (χ2n) is 3.37. The van der Waals surface area contributed by atoms with E-state index in [1.807, 2.05) is 22.6 Å². The lowest BCUT2D eigenvalue weighted by atomic mass is 10.5. The topological polar surface area (TPSA) is 26.3 Å². The zero-order valence-corrected chi connectivity index (χ0v) is 9.42. The Bertz CT molecular complexity index is 131. The molecule has 0 saturated carbocycles. The number of hydrogen-bond acceptors (Lipinski definition) is 2. The molecule has 11 heavy (non-hydrogen) atoms. The average Bonchev–Trinajstić information content (AvgIpc) is 1.85. The van der Waals surface area contributed by atoms with Gasteiger partial charge in [-0.2, -0.15) is 0 Å². The lowest BCUT2D eigenvalue weighted by molar-refractivity contribution is -0.870. The monoisotopic (exact) mass is 272 g/mol. The molecule has 0 aromatic heterocycles. The van der Waals surface area contributed by atoms with Gasteiger partial charge >= 0.3 is 5.97 Å². The summed E-state index contributed by atoms with van der Waals surface area (Å²) in [6.45, 7) is 1.38. The SMILES string of the molecule is C[N+](C)(C)CCOC(=O)CI. The van der Waals surface area contributed by atoms with Crippen molar-refractivity contribution >= 4 is 28.6 Å². The van der Waals surface area contributed by atoms with E-state index in [0.717, 1.165) is 11.0 Å². The maximum atomic E-state index is 10.7. The van der Waals surface area contributed by atoms with Crippen molar-refractivity contribution in [3.8, 4) is 0 Å². The predicted molar refractivity (Wildman–Crippen MR) is 52.7 cm³/mol. The molecule has 0 heterocycles. The van der Waals surface area contributed by atoms with Crippen LogP contribution in [-0.2, 0) is 9.53 Å². The molecule has 0 amide bonds. The molecule has 0 aromatic rings. The summed E-state index contributed by atoms with van der Waals surface area (Å²) in [7, 11) is 6.20. The molecular formula is C7H15INO2+. The highest BCUT2D eigenvalue weighted by Gasteiger charge is 2.07. The summed E-state index contributed by atoms with van der Waals surface area (Å²) in [5, 5.41) is 0. The van der Waals surface area contributed by atoms with Crippen LogP contribution in [0.25, 0.3) is 0 Å². The molecular weight excluding hydrogens is 257 g/mol. The van der Waals surface area contributed by atoms with Crippen molar-refractivity contribution in [2.75, 3.05) is 38.7 Å². The first-order chi connectivity index (χ1) is 4.95. The van der Waals surface area contributed by atoms with Gasteiger partial charge < -0.3 is 9.22 Å². The number of rotatable bonds is 4. The Morgan fingerprint density at radius 2 is 2.00 bits per heavy atom. The maximum Gasteiger partial charge on any atom is 0.315 e. The summed E-state index contributed by atoms with van der Waals surface area (Å²) in [4.78, 5) is 10.7. The number of halogens is 1. The van der Waals surface area contributed by atoms with Crippen molar-refractivity contribution in [2.45, 2.75) is 0 Å². The van der Waals surface area contributed by atoms with Gasteiger partial charge in [0.15, 0.2) is 0 Å². The van der Waals surface area contributed by atoms with E-state index in [2.05, 4.69) is 21.1 Å². The highest BCUT2D eigenvalue weighted by Crippen LogP contribution is 1.91. The van der Waals surface area contributed by atoms with Crippen LogP contribution in [-0.4, -0.2) is 49.2 Å². The van der Waals surface area contributed by atoms with E-state index in [1.165, 1.54) is 0 Å². The van der Waals surface area contributed by atoms with Crippen molar-refractivity contribution < 1.29 is 14.0 Å². The first kappa shape index (κ1) is 11.2. The first-order valence-electron chi connectivity index (χ1n) is 3.48. The van der Waals surface area contributed by atoms with Crippen LogP contribution in [0.2, 0.25) is 0 Å². The standard InChI is InChI=1S/C7H15INO2/c1-9(2,3)4-5-11-7(10)6-8/h4-6H2,1-3H3/q+1. The number of hydrogen-bond donors (Lipinski definition) is 0. The molecule has 4 heteroatoms. The van der Waals surface area contributed by atoms with Crippen LogP contribution in [0.1, 0.15) is 0 Å². The van der Waals surface area contributed by atoms with Crippen LogP contribution < -0.4 is 0 Å². The predicted octanol–water partition coefficient (Wildman–Crippen LogP) is 0.671. The Morgan fingerprint density at radius 3 is 2.36 bits per heavy atom. The van der Waals surface area contributed by atoms with Crippen molar-refractivity contribution in [1.82, 2.24) is 0 Å². The fourth-order valence-electron chi connectivity index (χ4n) is 0.472. The minimum atomic E-state index is -0.126. The Kier molecular flexibility index (Phi) is 4.99. The van der Waals surface area contributed by atoms with E-state index in [4.69, 9.17) is 4.74 Å². The smallest absolute Gasteiger partial charge is 0.315 e. The molecule has 0 radical (unpaired) electrons. The molecule has 0 N–H and O–H groups in total. The molecule has 0 aliphatic rings. The molecule has 0 aliphatic heterocycles. The number of quaternary nitrogens is 1. The van der Waals surface area contributed by atoms with E-state index in [0.29, 0.717) is 11.0 Å². The number of esters is 1. The Labute approximate surface area is 81.4 Å². The Hall–Kier alpha value is 0.160. The molecule has 0 bridgehead atoms. The third kappa shape index (κ3) is 8.06. The summed E-state index contributed by atoms with van der Waals surface area (Å²) in [5.41, 5.74) is 0. The van der Waals surface area contributed by atoms with Gasteiger partial charge in [0.05, 0.1) is 25.6 Å². The number of alkyl halides is 1. The van der Waals surface area contributed by atoms with Crippen LogP contribution in [0.4, 0.5) is 0 Å². The summed E-state index contributed by atoms with van der Waals surface area (Å²) in [5.74, 6) is -0.126. The van der Waals surface area contributed by atoms with Crippen molar-refractivity contribution in [3.05, 3.63) is 0 Å². The highest BCUT2D eigenvalue weighted by molar-refractivity contribution is 14.1. The third-order valence-electron chi connectivity index (χ3n) is 1.13. The minimum Gasteiger partial charge on any atom is -0.459 e. The Balaban J connectivity index is 3.35. The second kappa shape index (κ2) is 4.92. The van der Waals surface area contributed by atoms with Crippen LogP contribution in [0.3, 0.4) is 0 Å². The van der Waals surface area contributed by atoms with Crippen molar-refractivity contribution in [1.29, 1.82) is 0 Å². The first-order valence-corrected chi connectivity index (χ1v) is 5.00. The normalized spacial score (nSPS) is 11.3. The van der Waals surface area contributed by atoms with Gasteiger partial charge in [-0.25, -0.2) is 0 Å². The number of carbonyl (C=O) groups is 1. The van der Waals surface area contributed by atoms with E-state index in [9.17, 15) is 4.79 Å². The molecule has 3 nitrogen and oxygen atoms in total. The van der Waals surface area contributed by atoms with Gasteiger partial charge in [-0.3, -0.25) is 4.79 Å². The summed E-state index contributed by atoms with van der Waals surface area (Å²) < 4.78 is 6.17. The molecule has 0 atom stereocenters. The third-order valence-corrected chi connectivity index (χ3v) is 1.76. The van der Waals surface area contributed by atoms with Gasteiger partial charge in [0.25, 0.3) is 0 Å². The van der Waals surface area contributed by atoms with Gasteiger partial charge in [0.1, 0.15) is 13.2 Å². The minimum absolute atomic E-state index is 0.126. The summed E-state index contributed by atoms with van der Waals surface area (Å²) in [6.07, 6.45) is 0. The van der Waals surface area contributed by atoms with Gasteiger partial charge in [0, 0.05) is 0 Å². The molecule has 0 spiro atoms. The lowest BCUT2D eigenvalue weighted by Crippen LogP contribution is -2.38. The van der Waals surface area contributed by atoms with Gasteiger partial charge in [-0.15, -0.1) is 0 Å². The highest BCUT2D eigenvalue weighted by atomic mass is 127. The molecule has 0 unspecified atom stereocenters. The maximum absolute atomic E-state index is 10.7. The number of carbonyl (C=O) groups excluding carboxylic acids is 1. The quantitative estimate of drug-likeness (QED) is 0.325. The zero-order chi connectivity index (χ0) is 8.91. The molecule has 0 aliphatic carbocycles. The van der Waals surface area contributed by atoms with E-state index < -0.39 is 0 Å². The van der Waals surface area contributed by atoms with E-state index in [1.54, 1.807) is 0 Å². The van der Waals surface area contributed by atoms with Crippen LogP contribution in [0.15, 0.2) is 0 Å². The van der Waals surface area contributed by atoms with Crippen LogP contribution in [0.5, 0.6) is 0 Å². The van der Waals surface area contributed by atoms with Crippen LogP contribution >= 0.6 is 22.6 Å². The van der Waals surface area contributed by atoms with Crippen molar-refractivity contribution in [3.63, 3.8) is 0 Å². The van der Waals surface area contributed by atoms with E-state index >= 15 is 0 Å². The zero-order valence-electron chi connectivity index (χ0n) is 7.26. The molecule has 66 valence electrons. The van der Waals surface area contributed by atoms with Crippen molar-refractivity contribution in [2.24, 2.45) is 0 Å². The molecule has 0 saturated heterocycles. The molecule has 0 aromatic carbocycles. The average molecular weight is 272 g/mol. The number of nitrogens with zero attached hydrogens (tertiary/aromatic N) is 1. The second-order valence-corrected chi connectivity index (χ2v) is 4.13. The summed E-state index contributed by atoms with van der Waals surface area (Å²) in [6, 6.07) is 0. The van der Waals surface area contributed by atoms with Crippen LogP contribution in [0, 0.1) is 0 Å². The van der Waals surface area contributed by atoms with Gasteiger partial charge in [-0.1, -0.05) is 22.6 Å². The molecule has 0 fully saturated rings. The number of ether oxygens (including phenoxy) is 1. The fourth-order valence-corrected chi connectivity index (χ4v) is 0.692. The van der Waals surface area contributed by atoms with Gasteiger partial charge in [0.2, 0.25) is 0 Å². The fraction of sp³-hybridized carbons (Fsp3) is 0.857. The van der Waals surface area contributed by atoms with E-state index in [-0.39, 0.29) is 5.97 Å². The van der Waals surface area contributed by atoms with Gasteiger partial charge in [-0.05, 0) is 0 Å². The lowest BCUT2D eigenvalue weighted by Gasteiger charge is -2.23. The largest absolute Gasteiger partial charge is 0.459 e. The molecule has 0 rings (SSSR count). The Morgan fingerprint density at radius 1 is 1.45 bits per heavy atom. The number of likely N-dealkylation sites (N-methyl/N-ethyl adjacent to an activating group) is 1.